The normalized spacial score (nSPS) is 16.6. The largest absolute Gasteiger partial charge is 0.328 e. The van der Waals surface area contributed by atoms with Crippen molar-refractivity contribution in [3.05, 3.63) is 94.4 Å². The Labute approximate surface area is 209 Å². The number of likely N-dealkylation sites (tertiary alicyclic amines) is 1. The van der Waals surface area contributed by atoms with Crippen molar-refractivity contribution in [1.82, 2.24) is 9.88 Å². The predicted molar refractivity (Wildman–Crippen MR) is 143 cm³/mol. The number of H-pyrrole nitrogens is 1. The quantitative estimate of drug-likeness (QED) is 0.389. The molecule has 1 unspecified atom stereocenters. The second-order valence-corrected chi connectivity index (χ2v) is 10.3. The van der Waals surface area contributed by atoms with Crippen LogP contribution < -0.4 is 5.56 Å². The van der Waals surface area contributed by atoms with Crippen molar-refractivity contribution in [3.8, 4) is 17.2 Å². The minimum atomic E-state index is -0.410. The minimum Gasteiger partial charge on any atom is -0.328 e. The third-order valence-corrected chi connectivity index (χ3v) is 7.85. The summed E-state index contributed by atoms with van der Waals surface area (Å²) in [5, 5.41) is 10.1. The Morgan fingerprint density at radius 1 is 1.03 bits per heavy atom. The topological polar surface area (TPSA) is 59.9 Å². The average molecular weight is 468 g/mol. The van der Waals surface area contributed by atoms with E-state index in [1.807, 2.05) is 42.5 Å². The van der Waals surface area contributed by atoms with Crippen molar-refractivity contribution >= 4 is 0 Å². The number of hydrogen-bond donors (Lipinski definition) is 1. The van der Waals surface area contributed by atoms with Gasteiger partial charge in [0.05, 0.1) is 11.5 Å². The van der Waals surface area contributed by atoms with Gasteiger partial charge >= 0.3 is 0 Å². The number of nitrogens with one attached hydrogen (secondary N) is 1. The molecule has 4 rings (SSSR count). The molecular formula is C31H37N3O. The molecule has 35 heavy (non-hydrogen) atoms. The molecule has 182 valence electrons. The van der Waals surface area contributed by atoms with Gasteiger partial charge in [-0.25, -0.2) is 0 Å². The van der Waals surface area contributed by atoms with E-state index in [-0.39, 0.29) is 11.5 Å². The summed E-state index contributed by atoms with van der Waals surface area (Å²) < 4.78 is 0. The second-order valence-electron chi connectivity index (χ2n) is 10.3. The van der Waals surface area contributed by atoms with Gasteiger partial charge in [0.2, 0.25) is 0 Å². The predicted octanol–water partition coefficient (Wildman–Crippen LogP) is 6.54. The lowest BCUT2D eigenvalue weighted by Gasteiger charge is -2.34. The lowest BCUT2D eigenvalue weighted by Crippen LogP contribution is -2.35. The van der Waals surface area contributed by atoms with E-state index in [1.54, 1.807) is 6.20 Å². The molecule has 3 aromatic rings. The maximum absolute atomic E-state index is 12.5. The Hall–Kier alpha value is -3.16. The van der Waals surface area contributed by atoms with Gasteiger partial charge in [-0.2, -0.15) is 5.26 Å². The summed E-state index contributed by atoms with van der Waals surface area (Å²) >= 11 is 0. The molecule has 1 fully saturated rings. The van der Waals surface area contributed by atoms with Gasteiger partial charge in [-0.3, -0.25) is 9.69 Å². The molecule has 1 aromatic heterocycles. The van der Waals surface area contributed by atoms with E-state index in [0.29, 0.717) is 12.5 Å². The summed E-state index contributed by atoms with van der Waals surface area (Å²) in [6.45, 7) is 7.08. The molecule has 0 aliphatic carbocycles. The molecule has 4 heteroatoms. The molecule has 0 bridgehead atoms. The zero-order valence-electron chi connectivity index (χ0n) is 21.0. The molecule has 1 aliphatic rings. The van der Waals surface area contributed by atoms with Crippen molar-refractivity contribution in [2.75, 3.05) is 13.1 Å². The van der Waals surface area contributed by atoms with E-state index in [1.165, 1.54) is 6.42 Å². The van der Waals surface area contributed by atoms with Crippen molar-refractivity contribution in [1.29, 1.82) is 5.26 Å². The number of benzene rings is 2. The number of hydrogen-bond acceptors (Lipinski definition) is 3. The van der Waals surface area contributed by atoms with Gasteiger partial charge in [0, 0.05) is 18.3 Å². The molecule has 0 spiro atoms. The number of nitriles is 1. The van der Waals surface area contributed by atoms with Crippen LogP contribution in [0.3, 0.4) is 0 Å². The van der Waals surface area contributed by atoms with Crippen LogP contribution in [-0.4, -0.2) is 23.0 Å². The lowest BCUT2D eigenvalue weighted by atomic mass is 9.69. The molecule has 0 amide bonds. The second kappa shape index (κ2) is 11.5. The minimum absolute atomic E-state index is 0.00856. The van der Waals surface area contributed by atoms with E-state index < -0.39 is 5.41 Å². The number of aromatic nitrogens is 1. The van der Waals surface area contributed by atoms with Gasteiger partial charge in [-0.15, -0.1) is 0 Å². The molecule has 0 radical (unpaired) electrons. The van der Waals surface area contributed by atoms with Crippen molar-refractivity contribution < 1.29 is 0 Å². The van der Waals surface area contributed by atoms with Gasteiger partial charge in [-0.05, 0) is 66.9 Å². The Morgan fingerprint density at radius 3 is 2.31 bits per heavy atom. The Kier molecular flexibility index (Phi) is 8.21. The first-order valence-corrected chi connectivity index (χ1v) is 13.0. The molecule has 1 aliphatic heterocycles. The Morgan fingerprint density at radius 2 is 1.69 bits per heavy atom. The van der Waals surface area contributed by atoms with Gasteiger partial charge in [0.25, 0.3) is 5.56 Å². The first-order valence-electron chi connectivity index (χ1n) is 13.0. The summed E-state index contributed by atoms with van der Waals surface area (Å²) in [5.41, 5.74) is 3.76. The van der Waals surface area contributed by atoms with Crippen molar-refractivity contribution in [2.24, 2.45) is 11.8 Å². The Bertz CT molecular complexity index is 1170. The van der Waals surface area contributed by atoms with Crippen LogP contribution >= 0.6 is 0 Å². The molecular weight excluding hydrogens is 430 g/mol. The summed E-state index contributed by atoms with van der Waals surface area (Å²) in [6.07, 6.45) is 7.27. The van der Waals surface area contributed by atoms with Gasteiger partial charge in [-0.1, -0.05) is 87.4 Å². The SMILES string of the molecule is CC(C)C(C#N)(CCCC1CCN(Cc2cc(-c3ccccc3)c[nH]c2=O)CC1)c1ccccc1. The van der Waals surface area contributed by atoms with Crippen LogP contribution in [0.4, 0.5) is 0 Å². The Balaban J connectivity index is 1.30. The highest BCUT2D eigenvalue weighted by Crippen LogP contribution is 2.38. The summed E-state index contributed by atoms with van der Waals surface area (Å²) in [6, 6.07) is 25.2. The fraction of sp³-hybridized carbons (Fsp3) is 0.419. The molecule has 1 N–H and O–H groups in total. The van der Waals surface area contributed by atoms with Crippen LogP contribution in [0.2, 0.25) is 0 Å². The highest BCUT2D eigenvalue weighted by atomic mass is 16.1. The smallest absolute Gasteiger partial charge is 0.252 e. The van der Waals surface area contributed by atoms with Crippen molar-refractivity contribution in [2.45, 2.75) is 57.9 Å². The van der Waals surface area contributed by atoms with E-state index in [2.05, 4.69) is 54.1 Å². The first-order chi connectivity index (χ1) is 17.0. The zero-order valence-corrected chi connectivity index (χ0v) is 21.0. The van der Waals surface area contributed by atoms with Gasteiger partial charge in [0.15, 0.2) is 0 Å². The van der Waals surface area contributed by atoms with Crippen LogP contribution in [0.15, 0.2) is 77.7 Å². The standard InChI is InChI=1S/C31H37N3O/c1-24(2)31(23-32,29-13-7-4-8-14-29)17-9-10-25-15-18-34(19-16-25)22-28-20-27(21-33-30(28)35)26-11-5-3-6-12-26/h3-8,11-14,20-21,24-25H,9-10,15-19,22H2,1-2H3,(H,33,35). The van der Waals surface area contributed by atoms with Crippen LogP contribution in [0.5, 0.6) is 0 Å². The maximum atomic E-state index is 12.5. The third kappa shape index (κ3) is 5.92. The summed E-state index contributed by atoms with van der Waals surface area (Å²) in [4.78, 5) is 17.8. The molecule has 0 saturated carbocycles. The van der Waals surface area contributed by atoms with Crippen LogP contribution in [-0.2, 0) is 12.0 Å². The zero-order chi connectivity index (χ0) is 24.7. The van der Waals surface area contributed by atoms with Crippen LogP contribution in [0, 0.1) is 23.2 Å². The molecule has 4 nitrogen and oxygen atoms in total. The molecule has 1 atom stereocenters. The van der Waals surface area contributed by atoms with Gasteiger partial charge < -0.3 is 4.98 Å². The average Bonchev–Trinajstić information content (AvgIpc) is 2.90. The number of nitrogens with zero attached hydrogens (tertiary/aromatic N) is 2. The van der Waals surface area contributed by atoms with E-state index in [0.717, 1.165) is 61.0 Å². The maximum Gasteiger partial charge on any atom is 0.252 e. The van der Waals surface area contributed by atoms with E-state index in [4.69, 9.17) is 0 Å². The molecule has 2 aromatic carbocycles. The van der Waals surface area contributed by atoms with E-state index in [9.17, 15) is 10.1 Å². The third-order valence-electron chi connectivity index (χ3n) is 7.85. The monoisotopic (exact) mass is 467 g/mol. The first kappa shape index (κ1) is 24.9. The molecule has 1 saturated heterocycles. The molecule has 2 heterocycles. The number of aromatic amines is 1. The fourth-order valence-corrected chi connectivity index (χ4v) is 5.54. The lowest BCUT2D eigenvalue weighted by molar-refractivity contribution is 0.168. The highest BCUT2D eigenvalue weighted by Gasteiger charge is 2.35. The van der Waals surface area contributed by atoms with E-state index >= 15 is 0 Å². The number of piperidine rings is 1. The van der Waals surface area contributed by atoms with Crippen molar-refractivity contribution in [3.63, 3.8) is 0 Å². The fourth-order valence-electron chi connectivity index (χ4n) is 5.54. The summed E-state index contributed by atoms with van der Waals surface area (Å²) in [5.74, 6) is 0.973. The van der Waals surface area contributed by atoms with Crippen LogP contribution in [0.25, 0.3) is 11.1 Å². The summed E-state index contributed by atoms with van der Waals surface area (Å²) in [7, 11) is 0. The highest BCUT2D eigenvalue weighted by molar-refractivity contribution is 5.62. The number of pyridine rings is 1. The number of rotatable bonds is 9. The van der Waals surface area contributed by atoms with Crippen LogP contribution in [0.1, 0.15) is 57.1 Å². The van der Waals surface area contributed by atoms with Gasteiger partial charge in [0.1, 0.15) is 0 Å².